The summed E-state index contributed by atoms with van der Waals surface area (Å²) in [7, 11) is 0. The molecule has 0 aromatic carbocycles. The number of allylic oxidation sites excluding steroid dienone is 1. The molecule has 2 heterocycles. The molecule has 1 aromatic heterocycles. The Morgan fingerprint density at radius 1 is 1.39 bits per heavy atom. The smallest absolute Gasteiger partial charge is 0.208 e. The van der Waals surface area contributed by atoms with Crippen LogP contribution in [-0.4, -0.2) is 17.3 Å². The van der Waals surface area contributed by atoms with Crippen molar-refractivity contribution in [3.8, 4) is 6.07 Å². The molecular weight excluding hydrogens is 266 g/mol. The molecule has 0 unspecified atom stereocenters. The molecule has 1 aliphatic rings. The molecule has 0 aliphatic carbocycles. The first-order valence-electron chi connectivity index (χ1n) is 5.73. The fourth-order valence-corrected chi connectivity index (χ4v) is 4.13. The first-order chi connectivity index (χ1) is 8.74. The van der Waals surface area contributed by atoms with Crippen molar-refractivity contribution in [3.63, 3.8) is 0 Å². The standard InChI is InChI=1S/C13H13NO2S2/c1-9-10(4-5-16-9)12(15)11(8-14)13-17-6-2-3-7-18-13/h4-5H,2-3,6-7H2,1H3. The molecule has 18 heavy (non-hydrogen) atoms. The zero-order valence-electron chi connectivity index (χ0n) is 10.1. The molecule has 0 radical (unpaired) electrons. The van der Waals surface area contributed by atoms with Crippen LogP contribution in [0.3, 0.4) is 0 Å². The second-order valence-electron chi connectivity index (χ2n) is 3.90. The Balaban J connectivity index is 2.33. The molecule has 0 spiro atoms. The highest BCUT2D eigenvalue weighted by molar-refractivity contribution is 8.22. The van der Waals surface area contributed by atoms with Crippen molar-refractivity contribution in [2.45, 2.75) is 19.8 Å². The van der Waals surface area contributed by atoms with Gasteiger partial charge in [-0.2, -0.15) is 5.26 Å². The zero-order chi connectivity index (χ0) is 13.0. The number of nitriles is 1. The Morgan fingerprint density at radius 2 is 2.06 bits per heavy atom. The monoisotopic (exact) mass is 279 g/mol. The highest BCUT2D eigenvalue weighted by Crippen LogP contribution is 2.37. The van der Waals surface area contributed by atoms with Crippen LogP contribution in [-0.2, 0) is 0 Å². The Labute approximate surface area is 115 Å². The van der Waals surface area contributed by atoms with Crippen molar-refractivity contribution in [1.82, 2.24) is 0 Å². The quantitative estimate of drug-likeness (QED) is 0.468. The van der Waals surface area contributed by atoms with E-state index >= 15 is 0 Å². The van der Waals surface area contributed by atoms with Crippen molar-refractivity contribution in [3.05, 3.63) is 33.5 Å². The Hall–Kier alpha value is -1.12. The highest BCUT2D eigenvalue weighted by atomic mass is 32.2. The van der Waals surface area contributed by atoms with E-state index in [1.165, 1.54) is 6.26 Å². The van der Waals surface area contributed by atoms with Gasteiger partial charge in [0.2, 0.25) is 5.78 Å². The van der Waals surface area contributed by atoms with Crippen molar-refractivity contribution in [1.29, 1.82) is 5.26 Å². The summed E-state index contributed by atoms with van der Waals surface area (Å²) in [6.07, 6.45) is 3.76. The highest BCUT2D eigenvalue weighted by Gasteiger charge is 2.21. The maximum atomic E-state index is 12.3. The third-order valence-corrected chi connectivity index (χ3v) is 5.28. The van der Waals surface area contributed by atoms with Gasteiger partial charge in [-0.25, -0.2) is 0 Å². The molecular formula is C13H13NO2S2. The Morgan fingerprint density at radius 3 is 2.56 bits per heavy atom. The van der Waals surface area contributed by atoms with E-state index in [1.807, 2.05) is 0 Å². The van der Waals surface area contributed by atoms with Crippen LogP contribution in [0.15, 0.2) is 26.6 Å². The van der Waals surface area contributed by atoms with E-state index < -0.39 is 0 Å². The summed E-state index contributed by atoms with van der Waals surface area (Å²) in [5.41, 5.74) is 0.751. The summed E-state index contributed by atoms with van der Waals surface area (Å²) in [6.45, 7) is 1.74. The largest absolute Gasteiger partial charge is 0.469 e. The van der Waals surface area contributed by atoms with Crippen LogP contribution in [0.1, 0.15) is 29.0 Å². The van der Waals surface area contributed by atoms with Crippen LogP contribution >= 0.6 is 23.5 Å². The van der Waals surface area contributed by atoms with E-state index in [9.17, 15) is 10.1 Å². The van der Waals surface area contributed by atoms with E-state index in [-0.39, 0.29) is 11.4 Å². The topological polar surface area (TPSA) is 54.0 Å². The molecule has 0 saturated carbocycles. The maximum Gasteiger partial charge on any atom is 0.208 e. The number of furan rings is 1. The molecule has 3 nitrogen and oxygen atoms in total. The molecule has 1 aromatic rings. The minimum Gasteiger partial charge on any atom is -0.469 e. The number of carbonyl (C=O) groups excluding carboxylic acids is 1. The lowest BCUT2D eigenvalue weighted by Gasteiger charge is -2.05. The van der Waals surface area contributed by atoms with Gasteiger partial charge >= 0.3 is 0 Å². The fourth-order valence-electron chi connectivity index (χ4n) is 1.66. The first-order valence-corrected chi connectivity index (χ1v) is 7.70. The van der Waals surface area contributed by atoms with Gasteiger partial charge in [0.05, 0.1) is 16.1 Å². The second kappa shape index (κ2) is 6.17. The van der Waals surface area contributed by atoms with Crippen LogP contribution < -0.4 is 0 Å². The van der Waals surface area contributed by atoms with Crippen LogP contribution in [0, 0.1) is 18.3 Å². The van der Waals surface area contributed by atoms with E-state index in [4.69, 9.17) is 4.42 Å². The maximum absolute atomic E-state index is 12.3. The van der Waals surface area contributed by atoms with Crippen molar-refractivity contribution >= 4 is 29.3 Å². The van der Waals surface area contributed by atoms with Gasteiger partial charge in [0, 0.05) is 0 Å². The van der Waals surface area contributed by atoms with Gasteiger partial charge in [0.1, 0.15) is 17.4 Å². The predicted molar refractivity (Wildman–Crippen MR) is 74.6 cm³/mol. The van der Waals surface area contributed by atoms with Crippen LogP contribution in [0.2, 0.25) is 0 Å². The fraction of sp³-hybridized carbons (Fsp3) is 0.385. The normalized spacial score (nSPS) is 15.9. The van der Waals surface area contributed by atoms with Gasteiger partial charge in [0.15, 0.2) is 0 Å². The number of thioether (sulfide) groups is 2. The average molecular weight is 279 g/mol. The minimum atomic E-state index is -0.222. The number of carbonyl (C=O) groups is 1. The lowest BCUT2D eigenvalue weighted by atomic mass is 10.1. The van der Waals surface area contributed by atoms with Crippen molar-refractivity contribution < 1.29 is 9.21 Å². The molecule has 5 heteroatoms. The van der Waals surface area contributed by atoms with Gasteiger partial charge in [0.25, 0.3) is 0 Å². The molecule has 1 saturated heterocycles. The molecule has 1 fully saturated rings. The van der Waals surface area contributed by atoms with Gasteiger partial charge in [-0.1, -0.05) is 0 Å². The molecule has 0 atom stereocenters. The number of hydrogen-bond acceptors (Lipinski definition) is 5. The third kappa shape index (κ3) is 2.82. The summed E-state index contributed by atoms with van der Waals surface area (Å²) >= 11 is 3.23. The number of ketones is 1. The summed E-state index contributed by atoms with van der Waals surface area (Å²) in [6, 6.07) is 3.69. The average Bonchev–Trinajstić information content (AvgIpc) is 2.64. The molecule has 94 valence electrons. The van der Waals surface area contributed by atoms with Gasteiger partial charge in [-0.05, 0) is 37.3 Å². The predicted octanol–water partition coefficient (Wildman–Crippen LogP) is 3.77. The van der Waals surface area contributed by atoms with E-state index in [2.05, 4.69) is 6.07 Å². The van der Waals surface area contributed by atoms with Gasteiger partial charge in [-0.3, -0.25) is 4.79 Å². The SMILES string of the molecule is Cc1occc1C(=O)C(C#N)=C1SCCCCS1. The molecule has 0 amide bonds. The van der Waals surface area contributed by atoms with Crippen molar-refractivity contribution in [2.24, 2.45) is 0 Å². The van der Waals surface area contributed by atoms with Gasteiger partial charge in [-0.15, -0.1) is 23.5 Å². The minimum absolute atomic E-state index is 0.222. The second-order valence-corrected chi connectivity index (χ2v) is 6.37. The Kier molecular flexibility index (Phi) is 4.56. The van der Waals surface area contributed by atoms with E-state index in [0.717, 1.165) is 28.6 Å². The summed E-state index contributed by atoms with van der Waals surface area (Å²) < 4.78 is 5.99. The number of rotatable bonds is 2. The zero-order valence-corrected chi connectivity index (χ0v) is 11.7. The first kappa shape index (κ1) is 13.3. The number of Topliss-reactive ketones (excluding diaryl/α,β-unsaturated/α-hetero) is 1. The molecule has 0 bridgehead atoms. The summed E-state index contributed by atoms with van der Waals surface area (Å²) in [4.78, 5) is 12.3. The van der Waals surface area contributed by atoms with Crippen LogP contribution in [0.25, 0.3) is 0 Å². The van der Waals surface area contributed by atoms with Crippen LogP contribution in [0.4, 0.5) is 0 Å². The Bertz CT molecular complexity index is 515. The van der Waals surface area contributed by atoms with E-state index in [0.29, 0.717) is 11.3 Å². The number of nitrogens with zero attached hydrogens (tertiary/aromatic N) is 1. The molecule has 0 N–H and O–H groups in total. The van der Waals surface area contributed by atoms with Crippen molar-refractivity contribution in [2.75, 3.05) is 11.5 Å². The lowest BCUT2D eigenvalue weighted by molar-refractivity contribution is 0.103. The number of hydrogen-bond donors (Lipinski definition) is 0. The number of aryl methyl sites for hydroxylation is 1. The van der Waals surface area contributed by atoms with Crippen LogP contribution in [0.5, 0.6) is 0 Å². The summed E-state index contributed by atoms with van der Waals surface area (Å²) in [5, 5.41) is 9.24. The van der Waals surface area contributed by atoms with Gasteiger partial charge < -0.3 is 4.42 Å². The van der Waals surface area contributed by atoms with E-state index in [1.54, 1.807) is 36.5 Å². The lowest BCUT2D eigenvalue weighted by Crippen LogP contribution is -2.04. The molecule has 1 aliphatic heterocycles. The molecule has 2 rings (SSSR count). The summed E-state index contributed by atoms with van der Waals surface area (Å²) in [5.74, 6) is 2.30. The third-order valence-electron chi connectivity index (χ3n) is 2.65.